The van der Waals surface area contributed by atoms with E-state index in [0.29, 0.717) is 5.41 Å². The maximum atomic E-state index is 2.49. The van der Waals surface area contributed by atoms with Gasteiger partial charge in [-0.15, -0.1) is 0 Å². The Morgan fingerprint density at radius 1 is 0.941 bits per heavy atom. The van der Waals surface area contributed by atoms with E-state index in [9.17, 15) is 0 Å². The topological polar surface area (TPSA) is 0 Å². The summed E-state index contributed by atoms with van der Waals surface area (Å²) in [5.41, 5.74) is 0.500. The van der Waals surface area contributed by atoms with Crippen LogP contribution in [0.25, 0.3) is 0 Å². The summed E-state index contributed by atoms with van der Waals surface area (Å²) in [5.74, 6) is 3.31. The van der Waals surface area contributed by atoms with Crippen molar-refractivity contribution in [3.05, 3.63) is 0 Å². The molecule has 0 saturated carbocycles. The van der Waals surface area contributed by atoms with Crippen molar-refractivity contribution in [2.45, 2.75) is 81.1 Å². The van der Waals surface area contributed by atoms with Crippen molar-refractivity contribution < 1.29 is 0 Å². The minimum atomic E-state index is 0.500. The van der Waals surface area contributed by atoms with Crippen molar-refractivity contribution in [2.24, 2.45) is 29.1 Å². The smallest absolute Gasteiger partial charge is 0.0277 e. The molecule has 0 radical (unpaired) electrons. The van der Waals surface area contributed by atoms with E-state index in [0.717, 1.165) is 23.7 Å². The van der Waals surface area contributed by atoms with Crippen LogP contribution >= 0.6 is 0 Å². The Hall–Kier alpha value is 0. The second kappa shape index (κ2) is 7.44. The van der Waals surface area contributed by atoms with Crippen LogP contribution in [-0.4, -0.2) is 0 Å². The molecular formula is C17H36. The molecule has 0 nitrogen and oxygen atoms in total. The van der Waals surface area contributed by atoms with E-state index in [1.807, 2.05) is 0 Å². The lowest BCUT2D eigenvalue weighted by molar-refractivity contribution is 0.0557. The second-order valence-electron chi connectivity index (χ2n) is 6.78. The molecule has 104 valence electrons. The van der Waals surface area contributed by atoms with Gasteiger partial charge in [-0.2, -0.15) is 0 Å². The van der Waals surface area contributed by atoms with E-state index in [2.05, 4.69) is 55.4 Å². The fourth-order valence-corrected chi connectivity index (χ4v) is 3.14. The maximum Gasteiger partial charge on any atom is -0.0277 e. The fourth-order valence-electron chi connectivity index (χ4n) is 3.14. The first-order valence-corrected chi connectivity index (χ1v) is 7.81. The van der Waals surface area contributed by atoms with Crippen LogP contribution < -0.4 is 0 Å². The lowest BCUT2D eigenvalue weighted by atomic mass is 9.62. The molecule has 0 aromatic rings. The molecule has 0 aromatic heterocycles. The number of rotatable bonds is 8. The van der Waals surface area contributed by atoms with E-state index in [1.165, 1.54) is 25.7 Å². The summed E-state index contributed by atoms with van der Waals surface area (Å²) in [7, 11) is 0. The van der Waals surface area contributed by atoms with Gasteiger partial charge >= 0.3 is 0 Å². The Morgan fingerprint density at radius 2 is 1.47 bits per heavy atom. The Kier molecular flexibility index (Phi) is 7.44. The van der Waals surface area contributed by atoms with E-state index in [1.54, 1.807) is 0 Å². The molecule has 0 saturated heterocycles. The van der Waals surface area contributed by atoms with Gasteiger partial charge in [0.05, 0.1) is 0 Å². The van der Waals surface area contributed by atoms with Gasteiger partial charge in [-0.05, 0) is 29.1 Å². The van der Waals surface area contributed by atoms with Gasteiger partial charge in [0.1, 0.15) is 0 Å². The van der Waals surface area contributed by atoms with E-state index in [-0.39, 0.29) is 0 Å². The van der Waals surface area contributed by atoms with Crippen LogP contribution in [0, 0.1) is 29.1 Å². The van der Waals surface area contributed by atoms with Crippen molar-refractivity contribution in [2.75, 3.05) is 0 Å². The van der Waals surface area contributed by atoms with Crippen molar-refractivity contribution >= 4 is 0 Å². The summed E-state index contributed by atoms with van der Waals surface area (Å²) in [6, 6.07) is 0. The van der Waals surface area contributed by atoms with Gasteiger partial charge in [-0.1, -0.05) is 81.1 Å². The Labute approximate surface area is 111 Å². The molecule has 0 heteroatoms. The van der Waals surface area contributed by atoms with Crippen molar-refractivity contribution in [3.63, 3.8) is 0 Å². The van der Waals surface area contributed by atoms with Crippen LogP contribution in [-0.2, 0) is 0 Å². The van der Waals surface area contributed by atoms with E-state index in [4.69, 9.17) is 0 Å². The van der Waals surface area contributed by atoms with Gasteiger partial charge in [-0.3, -0.25) is 0 Å². The standard InChI is InChI=1S/C17H36/c1-9-11-12-14(5)15(6)16(7)17(8,10-2)13(3)4/h13-16H,9-12H2,1-8H3. The lowest BCUT2D eigenvalue weighted by Crippen LogP contribution is -2.36. The van der Waals surface area contributed by atoms with Crippen LogP contribution in [0.1, 0.15) is 81.1 Å². The molecule has 0 fully saturated rings. The molecule has 4 atom stereocenters. The van der Waals surface area contributed by atoms with Crippen LogP contribution in [0.3, 0.4) is 0 Å². The fraction of sp³-hybridized carbons (Fsp3) is 1.00. The van der Waals surface area contributed by atoms with Crippen molar-refractivity contribution in [3.8, 4) is 0 Å². The zero-order valence-electron chi connectivity index (χ0n) is 13.6. The molecule has 0 rings (SSSR count). The third kappa shape index (κ3) is 4.30. The molecule has 0 N–H and O–H groups in total. The first kappa shape index (κ1) is 17.0. The Bertz CT molecular complexity index is 194. The summed E-state index contributed by atoms with van der Waals surface area (Å²) in [6.07, 6.45) is 5.43. The number of unbranched alkanes of at least 4 members (excludes halogenated alkanes) is 1. The third-order valence-electron chi connectivity index (χ3n) is 5.82. The molecule has 0 aliphatic rings. The number of hydrogen-bond donors (Lipinski definition) is 0. The minimum absolute atomic E-state index is 0.500. The van der Waals surface area contributed by atoms with Crippen LogP contribution in [0.4, 0.5) is 0 Å². The summed E-state index contributed by atoms with van der Waals surface area (Å²) in [4.78, 5) is 0. The molecule has 0 aliphatic heterocycles. The Morgan fingerprint density at radius 3 is 1.82 bits per heavy atom. The van der Waals surface area contributed by atoms with Crippen LogP contribution in [0.15, 0.2) is 0 Å². The summed E-state index contributed by atoms with van der Waals surface area (Å²) in [6.45, 7) is 19.3. The van der Waals surface area contributed by atoms with Gasteiger partial charge in [0.2, 0.25) is 0 Å². The summed E-state index contributed by atoms with van der Waals surface area (Å²) in [5, 5.41) is 0. The molecule has 0 amide bonds. The van der Waals surface area contributed by atoms with Crippen LogP contribution in [0.5, 0.6) is 0 Å². The zero-order chi connectivity index (χ0) is 13.6. The van der Waals surface area contributed by atoms with Gasteiger partial charge in [-0.25, -0.2) is 0 Å². The first-order chi connectivity index (χ1) is 7.81. The van der Waals surface area contributed by atoms with Gasteiger partial charge in [0.15, 0.2) is 0 Å². The lowest BCUT2D eigenvalue weighted by Gasteiger charge is -2.44. The summed E-state index contributed by atoms with van der Waals surface area (Å²) >= 11 is 0. The highest BCUT2D eigenvalue weighted by atomic mass is 14.4. The average Bonchev–Trinajstić information content (AvgIpc) is 2.32. The van der Waals surface area contributed by atoms with Gasteiger partial charge < -0.3 is 0 Å². The first-order valence-electron chi connectivity index (χ1n) is 7.81. The highest BCUT2D eigenvalue weighted by Crippen LogP contribution is 2.44. The normalized spacial score (nSPS) is 21.0. The predicted molar refractivity (Wildman–Crippen MR) is 80.3 cm³/mol. The summed E-state index contributed by atoms with van der Waals surface area (Å²) < 4.78 is 0. The molecule has 17 heavy (non-hydrogen) atoms. The van der Waals surface area contributed by atoms with E-state index < -0.39 is 0 Å². The predicted octanol–water partition coefficient (Wildman–Crippen LogP) is 6.16. The van der Waals surface area contributed by atoms with Crippen LogP contribution in [0.2, 0.25) is 0 Å². The molecule has 0 heterocycles. The highest BCUT2D eigenvalue weighted by Gasteiger charge is 2.36. The van der Waals surface area contributed by atoms with Crippen molar-refractivity contribution in [1.29, 1.82) is 0 Å². The SMILES string of the molecule is CCCCC(C)C(C)C(C)C(C)(CC)C(C)C. The van der Waals surface area contributed by atoms with Crippen molar-refractivity contribution in [1.82, 2.24) is 0 Å². The molecule has 0 bridgehead atoms. The molecule has 0 aliphatic carbocycles. The monoisotopic (exact) mass is 240 g/mol. The quantitative estimate of drug-likeness (QED) is 0.477. The highest BCUT2D eigenvalue weighted by molar-refractivity contribution is 4.86. The second-order valence-corrected chi connectivity index (χ2v) is 6.78. The molecular weight excluding hydrogens is 204 g/mol. The van der Waals surface area contributed by atoms with E-state index >= 15 is 0 Å². The average molecular weight is 240 g/mol. The minimum Gasteiger partial charge on any atom is -0.0654 e. The third-order valence-corrected chi connectivity index (χ3v) is 5.82. The van der Waals surface area contributed by atoms with Gasteiger partial charge in [0.25, 0.3) is 0 Å². The maximum absolute atomic E-state index is 2.49. The molecule has 4 unspecified atom stereocenters. The largest absolute Gasteiger partial charge is 0.0654 e. The number of hydrogen-bond acceptors (Lipinski definition) is 0. The molecule has 0 aromatic carbocycles. The zero-order valence-corrected chi connectivity index (χ0v) is 13.6. The Balaban J connectivity index is 4.60. The molecule has 0 spiro atoms. The van der Waals surface area contributed by atoms with Gasteiger partial charge in [0, 0.05) is 0 Å².